The highest BCUT2D eigenvalue weighted by Gasteiger charge is 2.50. The molecule has 0 unspecified atom stereocenters. The molecular weight excluding hydrogens is 414 g/mol. The van der Waals surface area contributed by atoms with Crippen molar-refractivity contribution in [2.45, 2.75) is 53.3 Å². The quantitative estimate of drug-likeness (QED) is 0.331. The molecule has 30 heavy (non-hydrogen) atoms. The van der Waals surface area contributed by atoms with E-state index in [1.54, 1.807) is 14.2 Å². The molecule has 5 nitrogen and oxygen atoms in total. The average Bonchev–Trinajstić information content (AvgIpc) is 2.67. The van der Waals surface area contributed by atoms with Gasteiger partial charge in [-0.3, -0.25) is 4.79 Å². The Balaban J connectivity index is 2.15. The summed E-state index contributed by atoms with van der Waals surface area (Å²) >= 11 is 5.82. The minimum absolute atomic E-state index is 0.0233. The molecule has 0 aromatic heterocycles. The Morgan fingerprint density at radius 2 is 1.90 bits per heavy atom. The molecule has 0 aliphatic carbocycles. The van der Waals surface area contributed by atoms with Gasteiger partial charge in [-0.1, -0.05) is 46.0 Å². The van der Waals surface area contributed by atoms with Crippen molar-refractivity contribution in [3.8, 4) is 11.5 Å². The van der Waals surface area contributed by atoms with Gasteiger partial charge in [0, 0.05) is 35.9 Å². The molecule has 1 amide bonds. The summed E-state index contributed by atoms with van der Waals surface area (Å²) < 4.78 is 16.9. The van der Waals surface area contributed by atoms with Gasteiger partial charge >= 0.3 is 0 Å². The van der Waals surface area contributed by atoms with Crippen LogP contribution in [0.2, 0.25) is 13.1 Å². The highest BCUT2D eigenvalue weighted by molar-refractivity contribution is 7.80. The van der Waals surface area contributed by atoms with Gasteiger partial charge in [0.05, 0.1) is 20.1 Å². The van der Waals surface area contributed by atoms with E-state index in [-0.39, 0.29) is 35.1 Å². The van der Waals surface area contributed by atoms with Gasteiger partial charge in [0.1, 0.15) is 11.5 Å². The predicted octanol–water partition coefficient (Wildman–Crippen LogP) is 4.03. The zero-order chi connectivity index (χ0) is 22.6. The molecular formula is C23H37NO4SSi. The number of rotatable bonds is 10. The van der Waals surface area contributed by atoms with E-state index in [9.17, 15) is 4.79 Å². The van der Waals surface area contributed by atoms with Crippen LogP contribution in [-0.4, -0.2) is 46.7 Å². The van der Waals surface area contributed by atoms with Crippen LogP contribution in [0.4, 0.5) is 0 Å². The van der Waals surface area contributed by atoms with Gasteiger partial charge in [0.2, 0.25) is 5.91 Å². The predicted molar refractivity (Wildman–Crippen MR) is 128 cm³/mol. The van der Waals surface area contributed by atoms with Gasteiger partial charge in [-0.2, -0.15) is 0 Å². The molecule has 0 spiro atoms. The Kier molecular flexibility index (Phi) is 8.48. The van der Waals surface area contributed by atoms with Gasteiger partial charge in [-0.25, -0.2) is 0 Å². The minimum Gasteiger partial charge on any atom is -0.497 e. The molecule has 1 fully saturated rings. The Morgan fingerprint density at radius 3 is 2.40 bits per heavy atom. The normalized spacial score (nSPS) is 20.9. The number of amides is 1. The Bertz CT molecular complexity index is 762. The third-order valence-corrected chi connectivity index (χ3v) is 7.43. The molecule has 1 heterocycles. The first kappa shape index (κ1) is 24.8. The Morgan fingerprint density at radius 1 is 1.23 bits per heavy atom. The number of β-lactam (4-membered cyclic amide) rings is 1. The standard InChI is InChI=1S/C23H37NO4SSi/c1-14(19(29)11-15-9-10-16(26-5)12-18(15)27-6)21-20(22(25)24-21)17(23(2,3)4)13-28-30(7)8/h9-10,12,14,17,20-21,30H,11,13H2,1-8H3,(H,24,25)/t14-,17+,20-,21+/m0/s1. The van der Waals surface area contributed by atoms with E-state index in [0.717, 1.165) is 21.9 Å². The fraction of sp³-hybridized carbons (Fsp3) is 0.652. The number of benzene rings is 1. The number of hydrogen-bond donors (Lipinski definition) is 1. The van der Waals surface area contributed by atoms with Crippen molar-refractivity contribution in [3.63, 3.8) is 0 Å². The molecule has 1 aliphatic heterocycles. The average molecular weight is 452 g/mol. The molecule has 4 atom stereocenters. The monoisotopic (exact) mass is 451 g/mol. The van der Waals surface area contributed by atoms with Crippen LogP contribution in [0.5, 0.6) is 11.5 Å². The first-order chi connectivity index (χ1) is 14.0. The maximum Gasteiger partial charge on any atom is 0.225 e. The molecule has 1 aromatic rings. The number of thiocarbonyl (C=S) groups is 1. The molecule has 1 aromatic carbocycles. The summed E-state index contributed by atoms with van der Waals surface area (Å²) in [5.74, 6) is 1.79. The van der Waals surface area contributed by atoms with Crippen molar-refractivity contribution in [2.24, 2.45) is 23.2 Å². The van der Waals surface area contributed by atoms with E-state index >= 15 is 0 Å². The van der Waals surface area contributed by atoms with Crippen molar-refractivity contribution >= 4 is 32.0 Å². The second kappa shape index (κ2) is 10.2. The number of carbonyl (C=O) groups is 1. The summed E-state index contributed by atoms with van der Waals surface area (Å²) in [5, 5.41) is 3.12. The smallest absolute Gasteiger partial charge is 0.225 e. The van der Waals surface area contributed by atoms with Crippen LogP contribution in [0.15, 0.2) is 18.2 Å². The van der Waals surface area contributed by atoms with Gasteiger partial charge in [0.15, 0.2) is 9.04 Å². The molecule has 1 saturated heterocycles. The second-order valence-electron chi connectivity index (χ2n) is 9.52. The number of methoxy groups -OCH3 is 2. The lowest BCUT2D eigenvalue weighted by molar-refractivity contribution is -0.143. The summed E-state index contributed by atoms with van der Waals surface area (Å²) in [6.45, 7) is 13.7. The minimum atomic E-state index is -1.16. The first-order valence-corrected chi connectivity index (χ1v) is 13.8. The van der Waals surface area contributed by atoms with E-state index in [1.807, 2.05) is 18.2 Å². The van der Waals surface area contributed by atoms with Crippen LogP contribution < -0.4 is 14.8 Å². The van der Waals surface area contributed by atoms with Crippen molar-refractivity contribution < 1.29 is 18.7 Å². The summed E-state index contributed by atoms with van der Waals surface area (Å²) in [6.07, 6.45) is 0.623. The topological polar surface area (TPSA) is 56.8 Å². The van der Waals surface area contributed by atoms with Gasteiger partial charge < -0.3 is 19.2 Å². The summed E-state index contributed by atoms with van der Waals surface area (Å²) in [4.78, 5) is 13.5. The lowest BCUT2D eigenvalue weighted by Gasteiger charge is -2.49. The highest BCUT2D eigenvalue weighted by atomic mass is 32.1. The number of hydrogen-bond acceptors (Lipinski definition) is 5. The summed E-state index contributed by atoms with van der Waals surface area (Å²) in [6, 6.07) is 5.82. The third kappa shape index (κ3) is 5.83. The van der Waals surface area contributed by atoms with Crippen LogP contribution in [0.3, 0.4) is 0 Å². The third-order valence-electron chi connectivity index (χ3n) is 6.06. The maximum atomic E-state index is 12.6. The SMILES string of the molecule is COc1ccc(CC(=S)[C@H](C)[C@H]2NC(=O)[C@H]2[C@@H](CO[SiH](C)C)C(C)(C)C)c(OC)c1. The van der Waals surface area contributed by atoms with Crippen LogP contribution in [0, 0.1) is 23.2 Å². The van der Waals surface area contributed by atoms with Gasteiger partial charge in [-0.05, 0) is 36.1 Å². The first-order valence-electron chi connectivity index (χ1n) is 10.6. The lowest BCUT2D eigenvalue weighted by atomic mass is 9.64. The molecule has 168 valence electrons. The van der Waals surface area contributed by atoms with Crippen LogP contribution in [0.1, 0.15) is 33.3 Å². The van der Waals surface area contributed by atoms with Crippen LogP contribution >= 0.6 is 12.2 Å². The fourth-order valence-electron chi connectivity index (χ4n) is 4.02. The zero-order valence-corrected chi connectivity index (χ0v) is 21.5. The molecule has 0 saturated carbocycles. The second-order valence-corrected chi connectivity index (χ2v) is 12.5. The largest absolute Gasteiger partial charge is 0.497 e. The van der Waals surface area contributed by atoms with Crippen molar-refractivity contribution in [1.82, 2.24) is 5.32 Å². The Hall–Kier alpha value is -1.44. The van der Waals surface area contributed by atoms with Gasteiger partial charge in [-0.15, -0.1) is 0 Å². The molecule has 0 bridgehead atoms. The molecule has 2 rings (SSSR count). The van der Waals surface area contributed by atoms with Crippen molar-refractivity contribution in [2.75, 3.05) is 20.8 Å². The molecule has 7 heteroatoms. The zero-order valence-electron chi connectivity index (χ0n) is 19.6. The fourth-order valence-corrected chi connectivity index (χ4v) is 4.92. The van der Waals surface area contributed by atoms with E-state index in [4.69, 9.17) is 26.1 Å². The van der Waals surface area contributed by atoms with E-state index in [1.165, 1.54) is 0 Å². The maximum absolute atomic E-state index is 12.6. The summed E-state index contributed by atoms with van der Waals surface area (Å²) in [7, 11) is 2.13. The Labute approximate surface area is 188 Å². The van der Waals surface area contributed by atoms with E-state index < -0.39 is 9.04 Å². The van der Waals surface area contributed by atoms with Crippen LogP contribution in [0.25, 0.3) is 0 Å². The van der Waals surface area contributed by atoms with E-state index in [0.29, 0.717) is 13.0 Å². The number of nitrogens with one attached hydrogen (secondary N) is 1. The summed E-state index contributed by atoms with van der Waals surface area (Å²) in [5.41, 5.74) is 1.00. The van der Waals surface area contributed by atoms with Crippen molar-refractivity contribution in [1.29, 1.82) is 0 Å². The number of carbonyl (C=O) groups excluding carboxylic acids is 1. The molecule has 0 radical (unpaired) electrons. The van der Waals surface area contributed by atoms with Gasteiger partial charge in [0.25, 0.3) is 0 Å². The highest BCUT2D eigenvalue weighted by Crippen LogP contribution is 2.40. The van der Waals surface area contributed by atoms with Crippen LogP contribution in [-0.2, 0) is 15.6 Å². The van der Waals surface area contributed by atoms with E-state index in [2.05, 4.69) is 46.1 Å². The van der Waals surface area contributed by atoms with Crippen molar-refractivity contribution in [3.05, 3.63) is 23.8 Å². The lowest BCUT2D eigenvalue weighted by Crippen LogP contribution is -2.66. The molecule has 1 N–H and O–H groups in total. The number of ether oxygens (including phenoxy) is 2. The molecule has 1 aliphatic rings.